The molecule has 1 radical (unpaired) electrons. The fourth-order valence-corrected chi connectivity index (χ4v) is 0. The van der Waals surface area contributed by atoms with Gasteiger partial charge in [-0.15, -0.1) is 0 Å². The van der Waals surface area contributed by atoms with Gasteiger partial charge in [0.2, 0.25) is 0 Å². The van der Waals surface area contributed by atoms with E-state index in [1.807, 2.05) is 0 Å². The molecule has 9 heteroatoms. The van der Waals surface area contributed by atoms with Crippen molar-refractivity contribution in [3.8, 4) is 0 Å². The second kappa shape index (κ2) is 36.0. The number of hydrogen-bond acceptors (Lipinski definition) is 4. The zero-order chi connectivity index (χ0) is 7.15. The Morgan fingerprint density at radius 3 is 0.846 bits per heavy atom. The van der Waals surface area contributed by atoms with Crippen LogP contribution in [-0.4, -0.2) is 11.9 Å². The Bertz CT molecular complexity index is 86.1. The van der Waals surface area contributed by atoms with Gasteiger partial charge in [-0.25, -0.2) is 0 Å². The van der Waals surface area contributed by atoms with E-state index in [1.165, 1.54) is 0 Å². The van der Waals surface area contributed by atoms with E-state index >= 15 is 0 Å². The normalized spacial score (nSPS) is 3.85. The van der Waals surface area contributed by atoms with Crippen LogP contribution in [0.25, 0.3) is 0 Å². The van der Waals surface area contributed by atoms with Gasteiger partial charge in [0, 0.05) is 11.9 Å². The molecule has 0 rings (SSSR count). The summed E-state index contributed by atoms with van der Waals surface area (Å²) >= 11 is 0. The van der Waals surface area contributed by atoms with E-state index in [1.54, 1.807) is 0 Å². The van der Waals surface area contributed by atoms with Crippen LogP contribution in [0.15, 0.2) is 0 Å². The number of carboxylic acid groups (broad SMARTS) is 2. The van der Waals surface area contributed by atoms with Crippen LogP contribution in [0.2, 0.25) is 0 Å². The van der Waals surface area contributed by atoms with Gasteiger partial charge < -0.3 is 67.8 Å². The summed E-state index contributed by atoms with van der Waals surface area (Å²) in [5.74, 6) is -2.17. The molecule has 0 saturated heterocycles. The average molecular weight is 514 g/mol. The molecule has 0 aromatic carbocycles. The third-order valence-corrected chi connectivity index (χ3v) is 0. The molecule has 0 atom stereocenters. The van der Waals surface area contributed by atoms with E-state index in [0.717, 1.165) is 13.8 Å². The fraction of sp³-hybridized carbons (Fsp3) is 0.500. The molecule has 0 aliphatic heterocycles. The summed E-state index contributed by atoms with van der Waals surface area (Å²) in [6.07, 6.45) is 0. The maximum absolute atomic E-state index is 8.89. The minimum Gasteiger partial charge on any atom is -1.00 e. The molecule has 0 aliphatic carbocycles. The Balaban J connectivity index is -0.00000000800. The maximum atomic E-state index is 8.89. The average Bonchev–Trinajstić information content (AvgIpc) is 1.25. The predicted molar refractivity (Wildman–Crippen MR) is 21.4 cm³/mol. The van der Waals surface area contributed by atoms with Crippen LogP contribution in [-0.2, 0) is 26.7 Å². The minimum atomic E-state index is -1.08. The molecule has 0 bridgehead atoms. The van der Waals surface area contributed by atoms with Crippen molar-refractivity contribution in [2.45, 2.75) is 13.8 Å². The van der Waals surface area contributed by atoms with Crippen molar-refractivity contribution in [1.82, 2.24) is 0 Å². The molecule has 0 saturated carbocycles. The van der Waals surface area contributed by atoms with Gasteiger partial charge in [0.25, 0.3) is 0 Å². The third-order valence-electron chi connectivity index (χ3n) is 0. The van der Waals surface area contributed by atoms with Crippen LogP contribution >= 0.6 is 0 Å². The first-order chi connectivity index (χ1) is 3.46. The van der Waals surface area contributed by atoms with E-state index in [0.29, 0.717) is 0 Å². The van der Waals surface area contributed by atoms with E-state index in [4.69, 9.17) is 19.8 Å². The molecule has 0 unspecified atom stereocenters. The number of halogens is 2. The van der Waals surface area contributed by atoms with Crippen molar-refractivity contribution in [3.63, 3.8) is 0 Å². The van der Waals surface area contributed by atoms with Crippen molar-refractivity contribution in [3.05, 3.63) is 0 Å². The SMILES string of the molecule is CC(=O)[O-].CC(=O)[O-].[Cu+2].[I-].[I-].[K+].[K+]. The van der Waals surface area contributed by atoms with Crippen molar-refractivity contribution in [1.29, 1.82) is 0 Å². The first kappa shape index (κ1) is 43.4. The summed E-state index contributed by atoms with van der Waals surface area (Å²) in [7, 11) is 0. The van der Waals surface area contributed by atoms with Gasteiger partial charge in [-0.2, -0.15) is 0 Å². The van der Waals surface area contributed by atoms with Gasteiger partial charge in [-0.05, 0) is 13.8 Å². The zero-order valence-corrected chi connectivity index (χ0v) is 19.2. The van der Waals surface area contributed by atoms with Gasteiger partial charge in [0.05, 0.1) is 0 Å². The topological polar surface area (TPSA) is 80.3 Å². The summed E-state index contributed by atoms with van der Waals surface area (Å²) in [6.45, 7) is 1.94. The van der Waals surface area contributed by atoms with Gasteiger partial charge in [0.15, 0.2) is 0 Å². The molecule has 13 heavy (non-hydrogen) atoms. The summed E-state index contributed by atoms with van der Waals surface area (Å²) in [6, 6.07) is 0. The first-order valence-corrected chi connectivity index (χ1v) is 1.82. The van der Waals surface area contributed by atoms with Gasteiger partial charge in [-0.3, -0.25) is 0 Å². The molecule has 0 spiro atoms. The maximum Gasteiger partial charge on any atom is 2.00 e. The molecule has 0 amide bonds. The molecule has 0 aliphatic rings. The number of carbonyl (C=O) groups excluding carboxylic acids is 2. The Hall–Kier alpha value is 4.19. The van der Waals surface area contributed by atoms with Gasteiger partial charge in [0.1, 0.15) is 0 Å². The largest absolute Gasteiger partial charge is 2.00 e. The van der Waals surface area contributed by atoms with Crippen LogP contribution in [0.4, 0.5) is 0 Å². The molecule has 0 N–H and O–H groups in total. The predicted octanol–water partition coefficient (Wildman–Crippen LogP) is -14.5. The number of carboxylic acids is 2. The van der Waals surface area contributed by atoms with Crippen LogP contribution in [0.3, 0.4) is 0 Å². The van der Waals surface area contributed by atoms with Gasteiger partial charge in [-0.1, -0.05) is 0 Å². The van der Waals surface area contributed by atoms with E-state index in [-0.39, 0.29) is 168 Å². The monoisotopic (exact) mass is 513 g/mol. The molecule has 0 heterocycles. The van der Waals surface area contributed by atoms with Crippen molar-refractivity contribution < 1.29 is 188 Å². The molecule has 0 aromatic heterocycles. The van der Waals surface area contributed by atoms with E-state index in [2.05, 4.69) is 0 Å². The Labute approximate surface area is 207 Å². The number of rotatable bonds is 0. The second-order valence-electron chi connectivity index (χ2n) is 0.983. The van der Waals surface area contributed by atoms with E-state index < -0.39 is 11.9 Å². The van der Waals surface area contributed by atoms with Crippen LogP contribution in [0.1, 0.15) is 13.8 Å². The summed E-state index contributed by atoms with van der Waals surface area (Å²) in [5, 5.41) is 17.8. The number of carbonyl (C=O) groups is 2. The van der Waals surface area contributed by atoms with Crippen molar-refractivity contribution in [2.24, 2.45) is 0 Å². The Morgan fingerprint density at radius 1 is 0.846 bits per heavy atom. The first-order valence-electron chi connectivity index (χ1n) is 1.82. The molecule has 4 nitrogen and oxygen atoms in total. The Morgan fingerprint density at radius 2 is 0.846 bits per heavy atom. The molecule has 0 aromatic rings. The minimum absolute atomic E-state index is 0. The Kier molecular flexibility index (Phi) is 120. The fourth-order valence-electron chi connectivity index (χ4n) is 0. The van der Waals surface area contributed by atoms with E-state index in [9.17, 15) is 0 Å². The summed E-state index contributed by atoms with van der Waals surface area (Å²) in [4.78, 5) is 17.8. The molecular formula is C4H6CuI2K2O4. The number of aliphatic carboxylic acids is 2. The van der Waals surface area contributed by atoms with Crippen molar-refractivity contribution >= 4 is 11.9 Å². The summed E-state index contributed by atoms with van der Waals surface area (Å²) < 4.78 is 0. The van der Waals surface area contributed by atoms with Gasteiger partial charge >= 0.3 is 120 Å². The molecule has 0 fully saturated rings. The molecular weight excluding hydrogens is 508 g/mol. The second-order valence-corrected chi connectivity index (χ2v) is 0.983. The van der Waals surface area contributed by atoms with Crippen LogP contribution in [0.5, 0.6) is 0 Å². The van der Waals surface area contributed by atoms with Crippen molar-refractivity contribution in [2.75, 3.05) is 0 Å². The summed E-state index contributed by atoms with van der Waals surface area (Å²) in [5.41, 5.74) is 0. The zero-order valence-electron chi connectivity index (χ0n) is 7.69. The number of hydrogen-bond donors (Lipinski definition) is 0. The van der Waals surface area contributed by atoms with Crippen LogP contribution < -0.4 is 161 Å². The molecule has 73 valence electrons. The van der Waals surface area contributed by atoms with Crippen LogP contribution in [0, 0.1) is 0 Å². The smallest absolute Gasteiger partial charge is 1.00 e. The standard InChI is InChI=1S/2C2H4O2.Cu.2HI.2K/c2*1-2(3)4;;;;;/h2*1H3,(H,3,4);;2*1H;;/q;;+2;;;2*+1/p-4. The quantitative estimate of drug-likeness (QED) is 0.238. The third kappa shape index (κ3) is 186.